The van der Waals surface area contributed by atoms with E-state index >= 15 is 0 Å². The van der Waals surface area contributed by atoms with Crippen LogP contribution in [-0.2, 0) is 9.59 Å². The standard InChI is InChI=1S/C19H29N3O3/c1-14(15-5-3-7-17(12-15)25-2)11-18(23)22-10-4-6-16(13-22)19(24)21-9-8-20/h3,5,7,12,14,16H,4,6,8-11,13,20H2,1-2H3,(H,21,24). The predicted molar refractivity (Wildman–Crippen MR) is 97.4 cm³/mol. The third-order valence-corrected chi connectivity index (χ3v) is 4.73. The number of ether oxygens (including phenoxy) is 1. The first kappa shape index (κ1) is 19.2. The van der Waals surface area contributed by atoms with Gasteiger partial charge in [-0.25, -0.2) is 0 Å². The highest BCUT2D eigenvalue weighted by molar-refractivity contribution is 5.81. The molecule has 138 valence electrons. The minimum atomic E-state index is -0.128. The fourth-order valence-corrected chi connectivity index (χ4v) is 3.21. The van der Waals surface area contributed by atoms with Crippen LogP contribution in [0.1, 0.15) is 37.7 Å². The highest BCUT2D eigenvalue weighted by Crippen LogP contribution is 2.25. The van der Waals surface area contributed by atoms with E-state index in [4.69, 9.17) is 10.5 Å². The molecule has 0 aliphatic carbocycles. The van der Waals surface area contributed by atoms with E-state index in [1.807, 2.05) is 36.1 Å². The minimum absolute atomic E-state index is 0.00351. The Balaban J connectivity index is 1.91. The normalized spacial score (nSPS) is 18.5. The Hall–Kier alpha value is -2.08. The number of carbonyl (C=O) groups excluding carboxylic acids is 2. The highest BCUT2D eigenvalue weighted by atomic mass is 16.5. The van der Waals surface area contributed by atoms with Crippen LogP contribution in [0.25, 0.3) is 0 Å². The van der Waals surface area contributed by atoms with E-state index < -0.39 is 0 Å². The number of nitrogens with two attached hydrogens (primary N) is 1. The number of nitrogens with one attached hydrogen (secondary N) is 1. The van der Waals surface area contributed by atoms with Crippen molar-refractivity contribution in [1.29, 1.82) is 0 Å². The molecular formula is C19H29N3O3. The van der Waals surface area contributed by atoms with E-state index in [0.29, 0.717) is 26.1 Å². The molecule has 1 fully saturated rings. The van der Waals surface area contributed by atoms with Crippen molar-refractivity contribution in [3.05, 3.63) is 29.8 Å². The number of nitrogens with zero attached hydrogens (tertiary/aromatic N) is 1. The number of piperidine rings is 1. The maximum Gasteiger partial charge on any atom is 0.224 e. The van der Waals surface area contributed by atoms with Crippen LogP contribution >= 0.6 is 0 Å². The molecule has 1 saturated heterocycles. The van der Waals surface area contributed by atoms with Crippen LogP contribution in [0.5, 0.6) is 5.75 Å². The third kappa shape index (κ3) is 5.46. The second-order valence-electron chi connectivity index (χ2n) is 6.64. The topological polar surface area (TPSA) is 84.7 Å². The first-order valence-electron chi connectivity index (χ1n) is 8.94. The summed E-state index contributed by atoms with van der Waals surface area (Å²) < 4.78 is 5.25. The summed E-state index contributed by atoms with van der Waals surface area (Å²) in [5.41, 5.74) is 6.51. The second kappa shape index (κ2) is 9.42. The Labute approximate surface area is 149 Å². The van der Waals surface area contributed by atoms with Crippen LogP contribution in [0.3, 0.4) is 0 Å². The smallest absolute Gasteiger partial charge is 0.224 e. The average molecular weight is 347 g/mol. The largest absolute Gasteiger partial charge is 0.497 e. The Morgan fingerprint density at radius 2 is 2.24 bits per heavy atom. The van der Waals surface area contributed by atoms with Crippen molar-refractivity contribution in [3.8, 4) is 5.75 Å². The molecule has 1 aromatic carbocycles. The number of likely N-dealkylation sites (tertiary alicyclic amines) is 1. The van der Waals surface area contributed by atoms with Crippen LogP contribution in [0, 0.1) is 5.92 Å². The molecule has 1 heterocycles. The van der Waals surface area contributed by atoms with Crippen molar-refractivity contribution in [2.45, 2.75) is 32.1 Å². The van der Waals surface area contributed by atoms with Crippen molar-refractivity contribution in [2.75, 3.05) is 33.3 Å². The highest BCUT2D eigenvalue weighted by Gasteiger charge is 2.28. The molecule has 1 aromatic rings. The molecule has 1 aliphatic heterocycles. The van der Waals surface area contributed by atoms with Crippen LogP contribution in [0.15, 0.2) is 24.3 Å². The Kier molecular flexibility index (Phi) is 7.25. The summed E-state index contributed by atoms with van der Waals surface area (Å²) in [6, 6.07) is 7.82. The van der Waals surface area contributed by atoms with Gasteiger partial charge in [0, 0.05) is 32.6 Å². The summed E-state index contributed by atoms with van der Waals surface area (Å²) in [6.07, 6.45) is 2.12. The fourth-order valence-electron chi connectivity index (χ4n) is 3.21. The van der Waals surface area contributed by atoms with Gasteiger partial charge in [-0.05, 0) is 36.5 Å². The van der Waals surface area contributed by atoms with E-state index in [2.05, 4.69) is 5.32 Å². The number of methoxy groups -OCH3 is 1. The summed E-state index contributed by atoms with van der Waals surface area (Å²) in [5.74, 6) is 0.882. The maximum atomic E-state index is 12.7. The molecule has 2 amide bonds. The molecule has 1 aliphatic rings. The number of hydrogen-bond acceptors (Lipinski definition) is 4. The molecular weight excluding hydrogens is 318 g/mol. The Morgan fingerprint density at radius 1 is 1.44 bits per heavy atom. The van der Waals surface area contributed by atoms with Gasteiger partial charge in [-0.1, -0.05) is 19.1 Å². The Bertz CT molecular complexity index is 591. The van der Waals surface area contributed by atoms with Gasteiger partial charge in [0.1, 0.15) is 5.75 Å². The van der Waals surface area contributed by atoms with Gasteiger partial charge in [-0.3, -0.25) is 9.59 Å². The van der Waals surface area contributed by atoms with Gasteiger partial charge in [-0.15, -0.1) is 0 Å². The Morgan fingerprint density at radius 3 is 2.96 bits per heavy atom. The zero-order chi connectivity index (χ0) is 18.2. The van der Waals surface area contributed by atoms with Crippen molar-refractivity contribution in [1.82, 2.24) is 10.2 Å². The lowest BCUT2D eigenvalue weighted by molar-refractivity contribution is -0.136. The lowest BCUT2D eigenvalue weighted by atomic mass is 9.94. The molecule has 0 saturated carbocycles. The third-order valence-electron chi connectivity index (χ3n) is 4.73. The zero-order valence-corrected chi connectivity index (χ0v) is 15.2. The molecule has 0 radical (unpaired) electrons. The van der Waals surface area contributed by atoms with Gasteiger partial charge in [0.2, 0.25) is 11.8 Å². The number of amides is 2. The van der Waals surface area contributed by atoms with E-state index in [1.165, 1.54) is 0 Å². The van der Waals surface area contributed by atoms with E-state index in [9.17, 15) is 9.59 Å². The summed E-state index contributed by atoms with van der Waals surface area (Å²) in [4.78, 5) is 26.6. The average Bonchev–Trinajstić information content (AvgIpc) is 2.66. The summed E-state index contributed by atoms with van der Waals surface area (Å²) in [6.45, 7) is 4.18. The van der Waals surface area contributed by atoms with Crippen molar-refractivity contribution in [2.24, 2.45) is 11.7 Å². The lowest BCUT2D eigenvalue weighted by Gasteiger charge is -2.32. The molecule has 6 heteroatoms. The molecule has 2 atom stereocenters. The molecule has 0 aromatic heterocycles. The molecule has 2 rings (SSSR count). The minimum Gasteiger partial charge on any atom is -0.497 e. The fraction of sp³-hybridized carbons (Fsp3) is 0.579. The number of rotatable bonds is 7. The van der Waals surface area contributed by atoms with Crippen LogP contribution in [0.4, 0.5) is 0 Å². The maximum absolute atomic E-state index is 12.7. The molecule has 3 N–H and O–H groups in total. The zero-order valence-electron chi connectivity index (χ0n) is 15.2. The van der Waals surface area contributed by atoms with E-state index in [-0.39, 0.29) is 23.7 Å². The van der Waals surface area contributed by atoms with Crippen molar-refractivity contribution < 1.29 is 14.3 Å². The molecule has 2 unspecified atom stereocenters. The first-order chi connectivity index (χ1) is 12.0. The van der Waals surface area contributed by atoms with Gasteiger partial charge >= 0.3 is 0 Å². The number of hydrogen-bond donors (Lipinski definition) is 2. The summed E-state index contributed by atoms with van der Waals surface area (Å²) >= 11 is 0. The number of carbonyl (C=O) groups is 2. The van der Waals surface area contributed by atoms with E-state index in [0.717, 1.165) is 30.7 Å². The second-order valence-corrected chi connectivity index (χ2v) is 6.64. The van der Waals surface area contributed by atoms with Gasteiger partial charge < -0.3 is 20.7 Å². The van der Waals surface area contributed by atoms with Gasteiger partial charge in [0.15, 0.2) is 0 Å². The van der Waals surface area contributed by atoms with Crippen molar-refractivity contribution >= 4 is 11.8 Å². The lowest BCUT2D eigenvalue weighted by Crippen LogP contribution is -2.46. The van der Waals surface area contributed by atoms with Gasteiger partial charge in [0.25, 0.3) is 0 Å². The molecule has 0 spiro atoms. The quantitative estimate of drug-likeness (QED) is 0.783. The SMILES string of the molecule is COc1cccc(C(C)CC(=O)N2CCCC(C(=O)NCCN)C2)c1. The molecule has 0 bridgehead atoms. The van der Waals surface area contributed by atoms with Gasteiger partial charge in [-0.2, -0.15) is 0 Å². The molecule has 6 nitrogen and oxygen atoms in total. The van der Waals surface area contributed by atoms with E-state index in [1.54, 1.807) is 7.11 Å². The summed E-state index contributed by atoms with van der Waals surface area (Å²) in [5, 5.41) is 2.83. The predicted octanol–water partition coefficient (Wildman–Crippen LogP) is 1.50. The van der Waals surface area contributed by atoms with Crippen LogP contribution in [0.2, 0.25) is 0 Å². The van der Waals surface area contributed by atoms with Gasteiger partial charge in [0.05, 0.1) is 13.0 Å². The summed E-state index contributed by atoms with van der Waals surface area (Å²) in [7, 11) is 1.64. The first-order valence-corrected chi connectivity index (χ1v) is 8.94. The van der Waals surface area contributed by atoms with Crippen molar-refractivity contribution in [3.63, 3.8) is 0 Å². The molecule has 25 heavy (non-hydrogen) atoms. The monoisotopic (exact) mass is 347 g/mol. The number of benzene rings is 1. The van der Waals surface area contributed by atoms with Crippen LogP contribution in [-0.4, -0.2) is 50.0 Å². The van der Waals surface area contributed by atoms with Crippen LogP contribution < -0.4 is 15.8 Å².